The lowest BCUT2D eigenvalue weighted by Gasteiger charge is -2.12. The standard InChI is InChI=1S/C33H18N4S/c34-19-20-13-15-21(16-14-20)30-26-9-1-4-10-27(26)35-33(36-30)37-28-11-5-2-7-22(28)24-17-18-25-23-8-3-6-12-29(23)38-32(25)31(24)37/h1-18H. The maximum Gasteiger partial charge on any atom is 0.235 e. The number of nitriles is 1. The molecular weight excluding hydrogens is 484 g/mol. The van der Waals surface area contributed by atoms with Crippen LogP contribution in [0.1, 0.15) is 5.56 Å². The lowest BCUT2D eigenvalue weighted by Crippen LogP contribution is -2.03. The highest BCUT2D eigenvalue weighted by Gasteiger charge is 2.20. The van der Waals surface area contributed by atoms with Gasteiger partial charge in [-0.05, 0) is 30.3 Å². The van der Waals surface area contributed by atoms with Gasteiger partial charge in [0.05, 0.1) is 38.6 Å². The summed E-state index contributed by atoms with van der Waals surface area (Å²) in [5, 5.41) is 15.2. The first-order valence-corrected chi connectivity index (χ1v) is 13.2. The monoisotopic (exact) mass is 502 g/mol. The number of aromatic nitrogens is 3. The maximum absolute atomic E-state index is 9.30. The Balaban J connectivity index is 1.53. The van der Waals surface area contributed by atoms with Crippen LogP contribution < -0.4 is 0 Å². The zero-order chi connectivity index (χ0) is 25.2. The van der Waals surface area contributed by atoms with E-state index in [2.05, 4.69) is 77.4 Å². The average Bonchev–Trinajstić information content (AvgIpc) is 3.53. The van der Waals surface area contributed by atoms with Crippen molar-refractivity contribution in [3.63, 3.8) is 0 Å². The van der Waals surface area contributed by atoms with Crippen molar-refractivity contribution in [3.8, 4) is 23.3 Å². The quantitative estimate of drug-likeness (QED) is 0.238. The Morgan fingerprint density at radius 2 is 1.34 bits per heavy atom. The maximum atomic E-state index is 9.30. The minimum absolute atomic E-state index is 0.627. The van der Waals surface area contributed by atoms with Crippen LogP contribution in [-0.2, 0) is 0 Å². The van der Waals surface area contributed by atoms with Crippen LogP contribution in [0.2, 0.25) is 0 Å². The molecule has 0 bridgehead atoms. The summed E-state index contributed by atoms with van der Waals surface area (Å²) in [5.41, 5.74) is 5.52. The molecule has 38 heavy (non-hydrogen) atoms. The van der Waals surface area contributed by atoms with E-state index in [-0.39, 0.29) is 0 Å². The first kappa shape index (κ1) is 21.1. The van der Waals surface area contributed by atoms with Gasteiger partial charge >= 0.3 is 0 Å². The highest BCUT2D eigenvalue weighted by atomic mass is 32.1. The lowest BCUT2D eigenvalue weighted by molar-refractivity contribution is 1.02. The van der Waals surface area contributed by atoms with Crippen LogP contribution in [-0.4, -0.2) is 14.5 Å². The Morgan fingerprint density at radius 1 is 0.632 bits per heavy atom. The molecule has 0 saturated heterocycles. The van der Waals surface area contributed by atoms with Gasteiger partial charge in [-0.25, -0.2) is 9.97 Å². The van der Waals surface area contributed by atoms with Gasteiger partial charge in [0.2, 0.25) is 5.95 Å². The number of hydrogen-bond acceptors (Lipinski definition) is 4. The zero-order valence-corrected chi connectivity index (χ0v) is 20.9. The third-order valence-electron chi connectivity index (χ3n) is 7.26. The summed E-state index contributed by atoms with van der Waals surface area (Å²) in [6, 6.07) is 39.5. The van der Waals surface area contributed by atoms with Crippen molar-refractivity contribution >= 4 is 64.2 Å². The van der Waals surface area contributed by atoms with Gasteiger partial charge in [0, 0.05) is 37.2 Å². The summed E-state index contributed by atoms with van der Waals surface area (Å²) in [7, 11) is 0. The summed E-state index contributed by atoms with van der Waals surface area (Å²) in [4.78, 5) is 10.3. The van der Waals surface area contributed by atoms with E-state index in [1.54, 1.807) is 0 Å². The highest BCUT2D eigenvalue weighted by molar-refractivity contribution is 7.26. The number of thiophene rings is 1. The molecule has 3 heterocycles. The molecule has 8 rings (SSSR count). The second-order valence-electron chi connectivity index (χ2n) is 9.37. The molecule has 0 unspecified atom stereocenters. The molecule has 5 aromatic carbocycles. The number of para-hydroxylation sites is 2. The topological polar surface area (TPSA) is 54.5 Å². The van der Waals surface area contributed by atoms with E-state index in [0.717, 1.165) is 33.2 Å². The fourth-order valence-corrected chi connectivity index (χ4v) is 6.77. The average molecular weight is 503 g/mol. The molecule has 4 nitrogen and oxygen atoms in total. The number of hydrogen-bond donors (Lipinski definition) is 0. The molecule has 0 saturated carbocycles. The van der Waals surface area contributed by atoms with Crippen LogP contribution in [0.3, 0.4) is 0 Å². The number of rotatable bonds is 2. The zero-order valence-electron chi connectivity index (χ0n) is 20.1. The van der Waals surface area contributed by atoms with E-state index in [9.17, 15) is 5.26 Å². The summed E-state index contributed by atoms with van der Waals surface area (Å²) in [6.45, 7) is 0. The molecule has 0 radical (unpaired) electrons. The Labute approximate surface area is 221 Å². The number of benzene rings is 5. The predicted molar refractivity (Wildman–Crippen MR) is 157 cm³/mol. The normalized spacial score (nSPS) is 11.7. The molecule has 0 aliphatic carbocycles. The van der Waals surface area contributed by atoms with Gasteiger partial charge in [-0.1, -0.05) is 78.9 Å². The minimum Gasteiger partial charge on any atom is -0.276 e. The van der Waals surface area contributed by atoms with E-state index in [1.807, 2.05) is 53.8 Å². The van der Waals surface area contributed by atoms with Crippen LogP contribution in [0.4, 0.5) is 0 Å². The summed E-state index contributed by atoms with van der Waals surface area (Å²) < 4.78 is 4.73. The summed E-state index contributed by atoms with van der Waals surface area (Å²) in [5.74, 6) is 0.638. The molecule has 0 N–H and O–H groups in total. The molecule has 8 aromatic rings. The smallest absolute Gasteiger partial charge is 0.235 e. The first-order chi connectivity index (χ1) is 18.8. The van der Waals surface area contributed by atoms with E-state index in [4.69, 9.17) is 9.97 Å². The Morgan fingerprint density at radius 3 is 2.18 bits per heavy atom. The summed E-state index contributed by atoms with van der Waals surface area (Å²) in [6.07, 6.45) is 0. The van der Waals surface area contributed by atoms with Crippen LogP contribution >= 0.6 is 11.3 Å². The van der Waals surface area contributed by atoms with Crippen molar-refractivity contribution in [2.75, 3.05) is 0 Å². The number of fused-ring (bicyclic) bond motifs is 8. The van der Waals surface area contributed by atoms with Gasteiger partial charge in [0.1, 0.15) is 0 Å². The van der Waals surface area contributed by atoms with Crippen LogP contribution in [0.15, 0.2) is 109 Å². The second-order valence-corrected chi connectivity index (χ2v) is 10.4. The van der Waals surface area contributed by atoms with Gasteiger partial charge in [-0.2, -0.15) is 5.26 Å². The van der Waals surface area contributed by atoms with Crippen molar-refractivity contribution in [1.82, 2.24) is 14.5 Å². The van der Waals surface area contributed by atoms with Crippen molar-refractivity contribution in [2.24, 2.45) is 0 Å². The Bertz CT molecular complexity index is 2250. The summed E-state index contributed by atoms with van der Waals surface area (Å²) >= 11 is 1.82. The fourth-order valence-electron chi connectivity index (χ4n) is 5.53. The van der Waals surface area contributed by atoms with Gasteiger partial charge in [0.25, 0.3) is 0 Å². The SMILES string of the molecule is N#Cc1ccc(-c2nc(-n3c4ccccc4c4ccc5c6ccccc6sc5c43)nc3ccccc23)cc1. The molecule has 3 aromatic heterocycles. The third-order valence-corrected chi connectivity index (χ3v) is 8.45. The van der Waals surface area contributed by atoms with E-state index >= 15 is 0 Å². The predicted octanol–water partition coefficient (Wildman–Crippen LogP) is 8.63. The molecule has 0 amide bonds. The highest BCUT2D eigenvalue weighted by Crippen LogP contribution is 2.42. The molecule has 0 aliphatic heterocycles. The molecule has 176 valence electrons. The molecule has 0 atom stereocenters. The largest absolute Gasteiger partial charge is 0.276 e. The van der Waals surface area contributed by atoms with Crippen molar-refractivity contribution in [2.45, 2.75) is 0 Å². The van der Waals surface area contributed by atoms with E-state index < -0.39 is 0 Å². The lowest BCUT2D eigenvalue weighted by atomic mass is 10.1. The van der Waals surface area contributed by atoms with Crippen LogP contribution in [0.25, 0.3) is 70.1 Å². The van der Waals surface area contributed by atoms with Crippen molar-refractivity contribution < 1.29 is 0 Å². The number of nitrogens with zero attached hydrogens (tertiary/aromatic N) is 4. The third kappa shape index (κ3) is 2.95. The Hall–Kier alpha value is -5.05. The van der Waals surface area contributed by atoms with Gasteiger partial charge in [-0.15, -0.1) is 11.3 Å². The van der Waals surface area contributed by atoms with Gasteiger partial charge in [0.15, 0.2) is 0 Å². The fraction of sp³-hybridized carbons (Fsp3) is 0. The van der Waals surface area contributed by atoms with Crippen molar-refractivity contribution in [1.29, 1.82) is 5.26 Å². The van der Waals surface area contributed by atoms with Crippen LogP contribution in [0, 0.1) is 11.3 Å². The molecule has 5 heteroatoms. The molecule has 0 fully saturated rings. The van der Waals surface area contributed by atoms with Crippen molar-refractivity contribution in [3.05, 3.63) is 115 Å². The second kappa shape index (κ2) is 7.97. The molecule has 0 spiro atoms. The minimum atomic E-state index is 0.627. The Kier molecular flexibility index (Phi) is 4.42. The van der Waals surface area contributed by atoms with E-state index in [1.165, 1.54) is 30.9 Å². The van der Waals surface area contributed by atoms with Gasteiger partial charge < -0.3 is 0 Å². The van der Waals surface area contributed by atoms with Gasteiger partial charge in [-0.3, -0.25) is 4.57 Å². The van der Waals surface area contributed by atoms with Crippen LogP contribution in [0.5, 0.6) is 0 Å². The molecular formula is C33H18N4S. The first-order valence-electron chi connectivity index (χ1n) is 12.4. The van der Waals surface area contributed by atoms with E-state index in [0.29, 0.717) is 11.5 Å². The molecule has 0 aliphatic rings.